The lowest BCUT2D eigenvalue weighted by atomic mass is 10.2. The molecule has 0 aliphatic rings. The van der Waals surface area contributed by atoms with Gasteiger partial charge >= 0.3 is 0 Å². The second kappa shape index (κ2) is 5.52. The molecule has 4 rings (SSSR count). The number of benzene rings is 1. The maximum Gasteiger partial charge on any atom is 0.160 e. The molecule has 3 aromatic heterocycles. The van der Waals surface area contributed by atoms with E-state index in [-0.39, 0.29) is 0 Å². The Labute approximate surface area is 144 Å². The Hall–Kier alpha value is -2.54. The second-order valence-corrected chi connectivity index (χ2v) is 6.67. The van der Waals surface area contributed by atoms with Gasteiger partial charge in [0.2, 0.25) is 0 Å². The molecule has 0 N–H and O–H groups in total. The molecule has 0 saturated carbocycles. The zero-order valence-corrected chi connectivity index (χ0v) is 14.9. The zero-order chi connectivity index (χ0) is 16.8. The molecule has 0 aliphatic heterocycles. The lowest BCUT2D eigenvalue weighted by Crippen LogP contribution is -2.20. The van der Waals surface area contributed by atoms with Crippen LogP contribution in [0.15, 0.2) is 24.3 Å². The average molecular weight is 338 g/mol. The van der Waals surface area contributed by atoms with E-state index in [9.17, 15) is 0 Å². The summed E-state index contributed by atoms with van der Waals surface area (Å²) in [7, 11) is 2.07. The van der Waals surface area contributed by atoms with Gasteiger partial charge in [0.05, 0.1) is 17.4 Å². The standard InChI is InChI=1S/C17H18N6S/c1-10-7-16(23-17(18-10)11(2)12(3)19-23)22(4)9-13-5-6-14-15(8-13)21-24-20-14/h5-8H,9H2,1-4H3. The number of rotatable bonds is 3. The monoisotopic (exact) mass is 338 g/mol. The van der Waals surface area contributed by atoms with E-state index in [1.807, 2.05) is 24.4 Å². The highest BCUT2D eigenvalue weighted by molar-refractivity contribution is 7.00. The minimum Gasteiger partial charge on any atom is -0.355 e. The Morgan fingerprint density at radius 1 is 1.08 bits per heavy atom. The number of hydrogen-bond acceptors (Lipinski definition) is 6. The summed E-state index contributed by atoms with van der Waals surface area (Å²) in [6, 6.07) is 8.30. The first-order valence-corrected chi connectivity index (χ1v) is 8.52. The Balaban J connectivity index is 1.74. The number of nitrogens with zero attached hydrogens (tertiary/aromatic N) is 6. The first-order chi connectivity index (χ1) is 11.5. The largest absolute Gasteiger partial charge is 0.355 e. The maximum absolute atomic E-state index is 4.65. The van der Waals surface area contributed by atoms with E-state index in [0.717, 1.165) is 46.0 Å². The van der Waals surface area contributed by atoms with Crippen molar-refractivity contribution in [2.45, 2.75) is 27.3 Å². The second-order valence-electron chi connectivity index (χ2n) is 6.14. The smallest absolute Gasteiger partial charge is 0.160 e. The summed E-state index contributed by atoms with van der Waals surface area (Å²) in [5.74, 6) is 1.03. The van der Waals surface area contributed by atoms with Gasteiger partial charge in [-0.15, -0.1) is 0 Å². The van der Waals surface area contributed by atoms with Crippen LogP contribution < -0.4 is 4.90 Å². The van der Waals surface area contributed by atoms with Crippen molar-refractivity contribution in [3.63, 3.8) is 0 Å². The van der Waals surface area contributed by atoms with Gasteiger partial charge in [0.25, 0.3) is 0 Å². The van der Waals surface area contributed by atoms with Crippen molar-refractivity contribution in [3.05, 3.63) is 46.8 Å². The Bertz CT molecular complexity index is 1050. The number of fused-ring (bicyclic) bond motifs is 2. The summed E-state index contributed by atoms with van der Waals surface area (Å²) in [5, 5.41) is 4.65. The van der Waals surface area contributed by atoms with Gasteiger partial charge in [0.15, 0.2) is 5.65 Å². The SMILES string of the molecule is Cc1cc(N(C)Cc2ccc3nsnc3c2)n2nc(C)c(C)c2n1. The van der Waals surface area contributed by atoms with Crippen molar-refractivity contribution >= 4 is 34.2 Å². The van der Waals surface area contributed by atoms with E-state index in [1.165, 1.54) is 17.3 Å². The number of anilines is 1. The van der Waals surface area contributed by atoms with Crippen LogP contribution in [0.2, 0.25) is 0 Å². The molecule has 122 valence electrons. The summed E-state index contributed by atoms with van der Waals surface area (Å²) < 4.78 is 10.5. The van der Waals surface area contributed by atoms with Gasteiger partial charge in [0, 0.05) is 30.9 Å². The highest BCUT2D eigenvalue weighted by Gasteiger charge is 2.14. The van der Waals surface area contributed by atoms with Crippen LogP contribution in [0.5, 0.6) is 0 Å². The first-order valence-electron chi connectivity index (χ1n) is 7.79. The molecule has 0 atom stereocenters. The molecule has 0 radical (unpaired) electrons. The van der Waals surface area contributed by atoms with Crippen LogP contribution in [-0.4, -0.2) is 30.4 Å². The van der Waals surface area contributed by atoms with Crippen molar-refractivity contribution in [1.82, 2.24) is 23.3 Å². The van der Waals surface area contributed by atoms with E-state index >= 15 is 0 Å². The highest BCUT2D eigenvalue weighted by Crippen LogP contribution is 2.22. The molecule has 0 amide bonds. The summed E-state index contributed by atoms with van der Waals surface area (Å²) >= 11 is 1.25. The summed E-state index contributed by atoms with van der Waals surface area (Å²) in [5.41, 5.74) is 7.15. The van der Waals surface area contributed by atoms with Crippen LogP contribution >= 0.6 is 11.7 Å². The van der Waals surface area contributed by atoms with Gasteiger partial charge in [-0.3, -0.25) is 0 Å². The summed E-state index contributed by atoms with van der Waals surface area (Å²) in [6.07, 6.45) is 0. The van der Waals surface area contributed by atoms with E-state index < -0.39 is 0 Å². The lowest BCUT2D eigenvalue weighted by Gasteiger charge is -2.20. The van der Waals surface area contributed by atoms with E-state index in [2.05, 4.69) is 55.9 Å². The third-order valence-electron chi connectivity index (χ3n) is 4.29. The number of aryl methyl sites for hydroxylation is 3. The van der Waals surface area contributed by atoms with Crippen molar-refractivity contribution in [2.24, 2.45) is 0 Å². The van der Waals surface area contributed by atoms with Crippen LogP contribution in [-0.2, 0) is 6.54 Å². The third-order valence-corrected chi connectivity index (χ3v) is 4.85. The lowest BCUT2D eigenvalue weighted by molar-refractivity contribution is 0.822. The average Bonchev–Trinajstić information content (AvgIpc) is 3.12. The van der Waals surface area contributed by atoms with Crippen LogP contribution in [0.1, 0.15) is 22.5 Å². The van der Waals surface area contributed by atoms with E-state index in [0.29, 0.717) is 0 Å². The van der Waals surface area contributed by atoms with Gasteiger partial charge in [-0.2, -0.15) is 18.4 Å². The molecule has 0 spiro atoms. The maximum atomic E-state index is 4.65. The van der Waals surface area contributed by atoms with Gasteiger partial charge in [0.1, 0.15) is 16.9 Å². The highest BCUT2D eigenvalue weighted by atomic mass is 32.1. The molecule has 6 nitrogen and oxygen atoms in total. The van der Waals surface area contributed by atoms with Gasteiger partial charge in [-0.25, -0.2) is 4.98 Å². The zero-order valence-electron chi connectivity index (χ0n) is 14.1. The molecular formula is C17H18N6S. The van der Waals surface area contributed by atoms with Crippen LogP contribution in [0.25, 0.3) is 16.7 Å². The summed E-state index contributed by atoms with van der Waals surface area (Å²) in [4.78, 5) is 6.83. The minimum atomic E-state index is 0.768. The fourth-order valence-corrected chi connectivity index (χ4v) is 3.40. The molecule has 1 aromatic carbocycles. The molecule has 0 fully saturated rings. The Morgan fingerprint density at radius 2 is 1.88 bits per heavy atom. The fraction of sp³-hybridized carbons (Fsp3) is 0.294. The van der Waals surface area contributed by atoms with Crippen LogP contribution in [0.3, 0.4) is 0 Å². The van der Waals surface area contributed by atoms with Crippen molar-refractivity contribution in [2.75, 3.05) is 11.9 Å². The van der Waals surface area contributed by atoms with Crippen LogP contribution in [0, 0.1) is 20.8 Å². The molecule has 0 saturated heterocycles. The molecule has 7 heteroatoms. The topological polar surface area (TPSA) is 59.2 Å². The molecule has 0 aliphatic carbocycles. The third kappa shape index (κ3) is 2.41. The van der Waals surface area contributed by atoms with Crippen LogP contribution in [0.4, 0.5) is 5.82 Å². The van der Waals surface area contributed by atoms with Crippen molar-refractivity contribution in [3.8, 4) is 0 Å². The van der Waals surface area contributed by atoms with Crippen molar-refractivity contribution in [1.29, 1.82) is 0 Å². The first kappa shape index (κ1) is 15.0. The van der Waals surface area contributed by atoms with E-state index in [4.69, 9.17) is 0 Å². The van der Waals surface area contributed by atoms with Crippen molar-refractivity contribution < 1.29 is 0 Å². The molecule has 0 bridgehead atoms. The molecule has 0 unspecified atom stereocenters. The normalized spacial score (nSPS) is 11.5. The molecule has 3 heterocycles. The van der Waals surface area contributed by atoms with Gasteiger partial charge in [-0.05, 0) is 38.5 Å². The quantitative estimate of drug-likeness (QED) is 0.574. The summed E-state index contributed by atoms with van der Waals surface area (Å²) in [6.45, 7) is 6.87. The van der Waals surface area contributed by atoms with Gasteiger partial charge < -0.3 is 4.90 Å². The molecule has 24 heavy (non-hydrogen) atoms. The predicted octanol–water partition coefficient (Wildman–Crippen LogP) is 3.30. The number of aromatic nitrogens is 5. The Kier molecular flexibility index (Phi) is 3.45. The fourth-order valence-electron chi connectivity index (χ4n) is 2.88. The molecule has 4 aromatic rings. The predicted molar refractivity (Wildman–Crippen MR) is 96.7 cm³/mol. The Morgan fingerprint density at radius 3 is 2.71 bits per heavy atom. The van der Waals surface area contributed by atoms with E-state index in [1.54, 1.807) is 0 Å². The van der Waals surface area contributed by atoms with Gasteiger partial charge in [-0.1, -0.05) is 6.07 Å². The number of hydrogen-bond donors (Lipinski definition) is 0. The molecular weight excluding hydrogens is 320 g/mol. The minimum absolute atomic E-state index is 0.768.